The van der Waals surface area contributed by atoms with E-state index < -0.39 is 0 Å². The second kappa shape index (κ2) is 14.6. The summed E-state index contributed by atoms with van der Waals surface area (Å²) in [6.07, 6.45) is 20.2. The van der Waals surface area contributed by atoms with E-state index in [1.807, 2.05) is 0 Å². The molecule has 1 aromatic rings. The number of hydrogen-bond acceptors (Lipinski definition) is 0. The van der Waals surface area contributed by atoms with E-state index >= 15 is 0 Å². The molecular weight excluding hydrogens is 288 g/mol. The molecule has 0 saturated carbocycles. The summed E-state index contributed by atoms with van der Waals surface area (Å²) in [4.78, 5) is 0. The number of aryl methyl sites for hydroxylation is 2. The maximum atomic E-state index is 3.55. The van der Waals surface area contributed by atoms with Crippen molar-refractivity contribution in [3.8, 4) is 0 Å². The second-order valence-electron chi connectivity index (χ2n) is 7.39. The quantitative estimate of drug-likeness (QED) is 0.287. The Morgan fingerprint density at radius 2 is 1.21 bits per heavy atom. The van der Waals surface area contributed by atoms with Crippen LogP contribution in [0.2, 0.25) is 0 Å². The minimum atomic E-state index is 1.22. The van der Waals surface area contributed by atoms with Crippen molar-refractivity contribution >= 4 is 0 Å². The highest BCUT2D eigenvalue weighted by Crippen LogP contribution is 2.22. The van der Waals surface area contributed by atoms with Gasteiger partial charge in [-0.2, -0.15) is 0 Å². The average molecular weight is 330 g/mol. The van der Waals surface area contributed by atoms with Gasteiger partial charge in [0.2, 0.25) is 0 Å². The van der Waals surface area contributed by atoms with Crippen LogP contribution in [0, 0.1) is 6.07 Å². The van der Waals surface area contributed by atoms with Crippen LogP contribution in [-0.2, 0) is 19.3 Å². The van der Waals surface area contributed by atoms with Crippen LogP contribution in [0.1, 0.15) is 115 Å². The highest BCUT2D eigenvalue weighted by molar-refractivity contribution is 5.35. The van der Waals surface area contributed by atoms with Gasteiger partial charge in [-0.3, -0.25) is 0 Å². The first kappa shape index (κ1) is 21.3. The minimum Gasteiger partial charge on any atom is -0.0654 e. The lowest BCUT2D eigenvalue weighted by Gasteiger charge is -2.15. The van der Waals surface area contributed by atoms with Crippen molar-refractivity contribution in [2.75, 3.05) is 0 Å². The molecule has 0 heteroatoms. The van der Waals surface area contributed by atoms with E-state index in [0.717, 1.165) is 0 Å². The largest absolute Gasteiger partial charge is 0.0654 e. The van der Waals surface area contributed by atoms with Crippen molar-refractivity contribution in [1.29, 1.82) is 0 Å². The maximum absolute atomic E-state index is 3.55. The van der Waals surface area contributed by atoms with Crippen LogP contribution in [0.15, 0.2) is 12.1 Å². The third-order valence-corrected chi connectivity index (χ3v) is 5.15. The van der Waals surface area contributed by atoms with E-state index in [0.29, 0.717) is 0 Å². The summed E-state index contributed by atoms with van der Waals surface area (Å²) >= 11 is 0. The van der Waals surface area contributed by atoms with Gasteiger partial charge in [-0.05, 0) is 61.3 Å². The smallest absolute Gasteiger partial charge is 0.0146 e. The lowest BCUT2D eigenvalue weighted by molar-refractivity contribution is 0.574. The number of hydrogen-bond donors (Lipinski definition) is 0. The van der Waals surface area contributed by atoms with E-state index in [1.165, 1.54) is 102 Å². The van der Waals surface area contributed by atoms with E-state index in [1.54, 1.807) is 11.1 Å². The highest BCUT2D eigenvalue weighted by atomic mass is 14.1. The maximum Gasteiger partial charge on any atom is -0.0146 e. The Kier molecular flexibility index (Phi) is 12.9. The Hall–Kier alpha value is -0.780. The Morgan fingerprint density at radius 3 is 1.88 bits per heavy atom. The molecule has 24 heavy (non-hydrogen) atoms. The monoisotopic (exact) mass is 329 g/mol. The summed E-state index contributed by atoms with van der Waals surface area (Å²) in [5.74, 6) is 0. The Bertz CT molecular complexity index is 404. The summed E-state index contributed by atoms with van der Waals surface area (Å²) in [5.41, 5.74) is 4.79. The number of benzene rings is 1. The molecule has 0 unspecified atom stereocenters. The van der Waals surface area contributed by atoms with Gasteiger partial charge in [0.1, 0.15) is 0 Å². The molecule has 0 fully saturated rings. The SMILES string of the molecule is CCCCCCCCCCc1cc[c]c(CCCC)c1CCCC. The van der Waals surface area contributed by atoms with Crippen LogP contribution in [0.4, 0.5) is 0 Å². The number of unbranched alkanes of at least 4 members (excludes halogenated alkanes) is 9. The van der Waals surface area contributed by atoms with Gasteiger partial charge in [-0.1, -0.05) is 90.7 Å². The fraction of sp³-hybridized carbons (Fsp3) is 0.750. The second-order valence-corrected chi connectivity index (χ2v) is 7.39. The Balaban J connectivity index is 2.44. The van der Waals surface area contributed by atoms with Crippen molar-refractivity contribution in [3.63, 3.8) is 0 Å². The molecule has 0 atom stereocenters. The molecule has 0 aromatic heterocycles. The summed E-state index contributed by atoms with van der Waals surface area (Å²) in [5, 5.41) is 0. The number of rotatable bonds is 15. The third kappa shape index (κ3) is 8.90. The average Bonchev–Trinajstić information content (AvgIpc) is 2.61. The van der Waals surface area contributed by atoms with Gasteiger partial charge in [-0.15, -0.1) is 0 Å². The molecule has 0 bridgehead atoms. The molecule has 1 rings (SSSR count). The molecule has 0 nitrogen and oxygen atoms in total. The summed E-state index contributed by atoms with van der Waals surface area (Å²) in [7, 11) is 0. The summed E-state index contributed by atoms with van der Waals surface area (Å²) in [6.45, 7) is 6.88. The molecular formula is C24H41. The zero-order chi connectivity index (χ0) is 17.5. The van der Waals surface area contributed by atoms with Gasteiger partial charge in [0.05, 0.1) is 0 Å². The van der Waals surface area contributed by atoms with Gasteiger partial charge in [0.15, 0.2) is 0 Å². The topological polar surface area (TPSA) is 0 Å². The molecule has 0 saturated heterocycles. The minimum absolute atomic E-state index is 1.22. The van der Waals surface area contributed by atoms with Crippen molar-refractivity contribution in [2.24, 2.45) is 0 Å². The van der Waals surface area contributed by atoms with E-state index in [9.17, 15) is 0 Å². The third-order valence-electron chi connectivity index (χ3n) is 5.15. The molecule has 0 aliphatic heterocycles. The lowest BCUT2D eigenvalue weighted by atomic mass is 9.91. The van der Waals surface area contributed by atoms with Gasteiger partial charge in [0.25, 0.3) is 0 Å². The molecule has 1 aromatic carbocycles. The van der Waals surface area contributed by atoms with Crippen molar-refractivity contribution < 1.29 is 0 Å². The normalized spacial score (nSPS) is 11.1. The van der Waals surface area contributed by atoms with Crippen molar-refractivity contribution in [3.05, 3.63) is 34.9 Å². The van der Waals surface area contributed by atoms with Crippen LogP contribution in [0.3, 0.4) is 0 Å². The predicted molar refractivity (Wildman–Crippen MR) is 109 cm³/mol. The van der Waals surface area contributed by atoms with Gasteiger partial charge in [-0.25, -0.2) is 0 Å². The zero-order valence-electron chi connectivity index (χ0n) is 16.8. The predicted octanol–water partition coefficient (Wildman–Crippen LogP) is 7.86. The van der Waals surface area contributed by atoms with Gasteiger partial charge in [0, 0.05) is 0 Å². The fourth-order valence-electron chi connectivity index (χ4n) is 3.55. The molecule has 0 amide bonds. The van der Waals surface area contributed by atoms with E-state index in [4.69, 9.17) is 0 Å². The highest BCUT2D eigenvalue weighted by Gasteiger charge is 2.08. The first-order chi connectivity index (χ1) is 11.8. The van der Waals surface area contributed by atoms with Gasteiger partial charge >= 0.3 is 0 Å². The lowest BCUT2D eigenvalue weighted by Crippen LogP contribution is -2.02. The van der Waals surface area contributed by atoms with Crippen LogP contribution in [0.25, 0.3) is 0 Å². The molecule has 0 aliphatic rings. The van der Waals surface area contributed by atoms with Crippen LogP contribution in [0.5, 0.6) is 0 Å². The summed E-state index contributed by atoms with van der Waals surface area (Å²) in [6, 6.07) is 8.08. The van der Waals surface area contributed by atoms with Crippen LogP contribution >= 0.6 is 0 Å². The molecule has 1 radical (unpaired) electrons. The molecule has 0 N–H and O–H groups in total. The van der Waals surface area contributed by atoms with Crippen LogP contribution in [-0.4, -0.2) is 0 Å². The molecule has 0 spiro atoms. The molecule has 137 valence electrons. The standard InChI is InChI=1S/C24H41/c1-4-7-10-11-12-13-14-15-18-23-20-16-19-22(17-8-5-2)24(23)21-9-6-3/h16,20H,4-15,17-18,21H2,1-3H3. The van der Waals surface area contributed by atoms with E-state index in [-0.39, 0.29) is 0 Å². The fourth-order valence-corrected chi connectivity index (χ4v) is 3.55. The van der Waals surface area contributed by atoms with Crippen molar-refractivity contribution in [1.82, 2.24) is 0 Å². The van der Waals surface area contributed by atoms with E-state index in [2.05, 4.69) is 39.0 Å². The first-order valence-corrected chi connectivity index (χ1v) is 10.8. The molecule has 0 aliphatic carbocycles. The Labute approximate surface area is 152 Å². The van der Waals surface area contributed by atoms with Crippen molar-refractivity contribution in [2.45, 2.75) is 117 Å². The summed E-state index contributed by atoms with van der Waals surface area (Å²) < 4.78 is 0. The first-order valence-electron chi connectivity index (χ1n) is 10.8. The zero-order valence-corrected chi connectivity index (χ0v) is 16.8. The Morgan fingerprint density at radius 1 is 0.625 bits per heavy atom. The van der Waals surface area contributed by atoms with Crippen LogP contribution < -0.4 is 0 Å². The van der Waals surface area contributed by atoms with Gasteiger partial charge < -0.3 is 0 Å². The molecule has 0 heterocycles.